The molecule has 19 heavy (non-hydrogen) atoms. The van der Waals surface area contributed by atoms with Crippen molar-refractivity contribution in [3.8, 4) is 11.4 Å². The topological polar surface area (TPSA) is 57.0 Å². The lowest BCUT2D eigenvalue weighted by Gasteiger charge is -2.18. The van der Waals surface area contributed by atoms with Gasteiger partial charge in [-0.2, -0.15) is 9.78 Å². The van der Waals surface area contributed by atoms with E-state index < -0.39 is 11.7 Å². The molecular formula is C13H14BrN3O2. The highest BCUT2D eigenvalue weighted by atomic mass is 79.9. The highest BCUT2D eigenvalue weighted by molar-refractivity contribution is 9.10. The van der Waals surface area contributed by atoms with E-state index in [1.807, 2.05) is 39.0 Å². The number of ether oxygens (including phenoxy) is 1. The van der Waals surface area contributed by atoms with Gasteiger partial charge in [0.15, 0.2) is 0 Å². The van der Waals surface area contributed by atoms with Gasteiger partial charge in [0, 0.05) is 6.20 Å². The number of carbonyl (C=O) groups excluding carboxylic acids is 1. The Morgan fingerprint density at radius 3 is 2.68 bits per heavy atom. The minimum atomic E-state index is -0.555. The summed E-state index contributed by atoms with van der Waals surface area (Å²) in [6, 6.07) is 5.51. The minimum absolute atomic E-state index is 0.518. The van der Waals surface area contributed by atoms with Crippen molar-refractivity contribution in [3.05, 3.63) is 35.1 Å². The molecule has 0 saturated heterocycles. The molecule has 0 aliphatic heterocycles. The summed E-state index contributed by atoms with van der Waals surface area (Å²) in [5.74, 6) is 0. The number of pyridine rings is 1. The Morgan fingerprint density at radius 1 is 1.37 bits per heavy atom. The number of aromatic nitrogens is 3. The van der Waals surface area contributed by atoms with Gasteiger partial charge in [-0.25, -0.2) is 4.79 Å². The van der Waals surface area contributed by atoms with Crippen LogP contribution in [0.1, 0.15) is 20.8 Å². The second kappa shape index (κ2) is 5.13. The first kappa shape index (κ1) is 13.7. The molecule has 0 aromatic carbocycles. The maximum atomic E-state index is 11.9. The summed E-state index contributed by atoms with van der Waals surface area (Å²) < 4.78 is 7.11. The smallest absolute Gasteiger partial charge is 0.435 e. The molecule has 0 fully saturated rings. The molecule has 0 bridgehead atoms. The first-order valence-electron chi connectivity index (χ1n) is 5.77. The fraction of sp³-hybridized carbons (Fsp3) is 0.308. The maximum Gasteiger partial charge on any atom is 0.435 e. The zero-order valence-corrected chi connectivity index (χ0v) is 12.5. The van der Waals surface area contributed by atoms with Crippen LogP contribution < -0.4 is 0 Å². The van der Waals surface area contributed by atoms with Gasteiger partial charge in [-0.1, -0.05) is 6.07 Å². The van der Waals surface area contributed by atoms with E-state index in [0.29, 0.717) is 15.9 Å². The normalized spacial score (nSPS) is 11.4. The quantitative estimate of drug-likeness (QED) is 0.806. The van der Waals surface area contributed by atoms with E-state index in [1.54, 1.807) is 12.4 Å². The third kappa shape index (κ3) is 3.41. The highest BCUT2D eigenvalue weighted by Crippen LogP contribution is 2.25. The summed E-state index contributed by atoms with van der Waals surface area (Å²) in [5.41, 5.74) is 0.740. The molecule has 0 aliphatic rings. The number of nitrogens with zero attached hydrogens (tertiary/aromatic N) is 3. The predicted molar refractivity (Wildman–Crippen MR) is 74.8 cm³/mol. The lowest BCUT2D eigenvalue weighted by Crippen LogP contribution is -2.27. The summed E-state index contributed by atoms with van der Waals surface area (Å²) in [7, 11) is 0. The Labute approximate surface area is 119 Å². The molecule has 2 aromatic rings. The van der Waals surface area contributed by atoms with Crippen molar-refractivity contribution in [3.63, 3.8) is 0 Å². The predicted octanol–water partition coefficient (Wildman–Crippen LogP) is 3.49. The van der Waals surface area contributed by atoms with Crippen LogP contribution in [0.25, 0.3) is 11.4 Å². The fourth-order valence-electron chi connectivity index (χ4n) is 1.43. The number of carbonyl (C=O) groups is 1. The second-order valence-corrected chi connectivity index (χ2v) is 5.82. The summed E-state index contributed by atoms with van der Waals surface area (Å²) in [5, 5.41) is 4.20. The molecule has 0 saturated carbocycles. The molecule has 0 aliphatic carbocycles. The van der Waals surface area contributed by atoms with Gasteiger partial charge in [-0.05, 0) is 48.8 Å². The molecule has 0 radical (unpaired) electrons. The van der Waals surface area contributed by atoms with Crippen LogP contribution in [0.4, 0.5) is 4.79 Å². The van der Waals surface area contributed by atoms with Crippen LogP contribution >= 0.6 is 15.9 Å². The van der Waals surface area contributed by atoms with E-state index in [4.69, 9.17) is 4.74 Å². The number of hydrogen-bond donors (Lipinski definition) is 0. The summed E-state index contributed by atoms with van der Waals surface area (Å²) in [4.78, 5) is 16.1. The van der Waals surface area contributed by atoms with Crippen LogP contribution in [0.15, 0.2) is 35.1 Å². The van der Waals surface area contributed by atoms with E-state index in [0.717, 1.165) is 0 Å². The van der Waals surface area contributed by atoms with Crippen LogP contribution in [-0.4, -0.2) is 26.5 Å². The molecule has 0 atom stereocenters. The van der Waals surface area contributed by atoms with Gasteiger partial charge in [0.25, 0.3) is 0 Å². The highest BCUT2D eigenvalue weighted by Gasteiger charge is 2.20. The van der Waals surface area contributed by atoms with E-state index in [9.17, 15) is 4.79 Å². The molecule has 6 heteroatoms. The number of rotatable bonds is 1. The largest absolute Gasteiger partial charge is 0.442 e. The van der Waals surface area contributed by atoms with E-state index in [2.05, 4.69) is 26.0 Å². The minimum Gasteiger partial charge on any atom is -0.442 e. The SMILES string of the molecule is CC(C)(C)OC(=O)n1cc(Br)c(-c2ccccn2)n1. The number of hydrogen-bond acceptors (Lipinski definition) is 4. The second-order valence-electron chi connectivity index (χ2n) is 4.97. The van der Waals surface area contributed by atoms with Crippen LogP contribution in [0.2, 0.25) is 0 Å². The van der Waals surface area contributed by atoms with Gasteiger partial charge in [-0.15, -0.1) is 0 Å². The average Bonchev–Trinajstić information content (AvgIpc) is 2.70. The van der Waals surface area contributed by atoms with Crippen molar-refractivity contribution in [1.82, 2.24) is 14.8 Å². The van der Waals surface area contributed by atoms with E-state index in [1.165, 1.54) is 4.68 Å². The molecule has 0 amide bonds. The standard InChI is InChI=1S/C13H14BrN3O2/c1-13(2,3)19-12(18)17-8-9(14)11(16-17)10-6-4-5-7-15-10/h4-8H,1-3H3. The first-order chi connectivity index (χ1) is 8.87. The fourth-order valence-corrected chi connectivity index (χ4v) is 1.91. The maximum absolute atomic E-state index is 11.9. The van der Waals surface area contributed by atoms with Crippen LogP contribution in [0.5, 0.6) is 0 Å². The summed E-state index contributed by atoms with van der Waals surface area (Å²) in [6.07, 6.45) is 2.72. The first-order valence-corrected chi connectivity index (χ1v) is 6.56. The van der Waals surface area contributed by atoms with Crippen LogP contribution in [0, 0.1) is 0 Å². The Bertz CT molecular complexity index is 588. The Hall–Kier alpha value is -1.69. The molecule has 2 aromatic heterocycles. The zero-order chi connectivity index (χ0) is 14.0. The Morgan fingerprint density at radius 2 is 2.11 bits per heavy atom. The molecule has 2 rings (SSSR count). The molecule has 0 spiro atoms. The molecule has 0 N–H and O–H groups in total. The third-order valence-corrected chi connectivity index (χ3v) is 2.74. The Kier molecular flexibility index (Phi) is 3.71. The molecule has 0 unspecified atom stereocenters. The van der Waals surface area contributed by atoms with Crippen LogP contribution in [-0.2, 0) is 4.74 Å². The van der Waals surface area contributed by atoms with Crippen molar-refractivity contribution >= 4 is 22.0 Å². The van der Waals surface area contributed by atoms with Gasteiger partial charge in [0.05, 0.1) is 16.4 Å². The monoisotopic (exact) mass is 323 g/mol. The molecule has 2 heterocycles. The summed E-state index contributed by atoms with van der Waals surface area (Å²) in [6.45, 7) is 5.43. The zero-order valence-electron chi connectivity index (χ0n) is 10.9. The lowest BCUT2D eigenvalue weighted by atomic mass is 10.2. The number of halogens is 1. The third-order valence-electron chi connectivity index (χ3n) is 2.16. The molecule has 5 nitrogen and oxygen atoms in total. The Balaban J connectivity index is 2.29. The molecular weight excluding hydrogens is 310 g/mol. The van der Waals surface area contributed by atoms with Gasteiger partial charge < -0.3 is 4.74 Å². The average molecular weight is 324 g/mol. The van der Waals surface area contributed by atoms with Gasteiger partial charge in [-0.3, -0.25) is 4.98 Å². The van der Waals surface area contributed by atoms with Crippen molar-refractivity contribution in [1.29, 1.82) is 0 Å². The lowest BCUT2D eigenvalue weighted by molar-refractivity contribution is 0.0515. The van der Waals surface area contributed by atoms with Crippen molar-refractivity contribution < 1.29 is 9.53 Å². The van der Waals surface area contributed by atoms with Crippen LogP contribution in [0.3, 0.4) is 0 Å². The van der Waals surface area contributed by atoms with Crippen molar-refractivity contribution in [2.75, 3.05) is 0 Å². The van der Waals surface area contributed by atoms with E-state index in [-0.39, 0.29) is 0 Å². The van der Waals surface area contributed by atoms with E-state index >= 15 is 0 Å². The summed E-state index contributed by atoms with van der Waals surface area (Å²) >= 11 is 3.37. The molecule has 100 valence electrons. The van der Waals surface area contributed by atoms with Gasteiger partial charge in [0.2, 0.25) is 0 Å². The van der Waals surface area contributed by atoms with Crippen molar-refractivity contribution in [2.45, 2.75) is 26.4 Å². The van der Waals surface area contributed by atoms with Gasteiger partial charge >= 0.3 is 6.09 Å². The van der Waals surface area contributed by atoms with Gasteiger partial charge in [0.1, 0.15) is 11.3 Å². The van der Waals surface area contributed by atoms with Crippen molar-refractivity contribution in [2.24, 2.45) is 0 Å².